The molecule has 2 fully saturated rings. The van der Waals surface area contributed by atoms with E-state index < -0.39 is 0 Å². The van der Waals surface area contributed by atoms with Crippen molar-refractivity contribution in [2.45, 2.75) is 31.2 Å². The molecule has 3 heteroatoms. The molecule has 0 unspecified atom stereocenters. The highest BCUT2D eigenvalue weighted by Crippen LogP contribution is 2.51. The third kappa shape index (κ3) is 1.89. The SMILES string of the molecule is O=C1CCN(C2(c3cccc(F)c3)CC2)CC1. The number of Topliss-reactive ketones (excluding diaryl/α,β-unsaturated/α-hetero) is 1. The second kappa shape index (κ2) is 3.91. The molecule has 1 aromatic rings. The van der Waals surface area contributed by atoms with Gasteiger partial charge in [0.05, 0.1) is 0 Å². The van der Waals surface area contributed by atoms with Crippen molar-refractivity contribution in [3.05, 3.63) is 35.6 Å². The van der Waals surface area contributed by atoms with Crippen LogP contribution in [0.3, 0.4) is 0 Å². The normalized spacial score (nSPS) is 23.7. The smallest absolute Gasteiger partial charge is 0.135 e. The number of nitrogens with zero attached hydrogens (tertiary/aromatic N) is 1. The molecule has 2 nitrogen and oxygen atoms in total. The number of likely N-dealkylation sites (tertiary alicyclic amines) is 1. The van der Waals surface area contributed by atoms with Crippen LogP contribution in [0, 0.1) is 5.82 Å². The van der Waals surface area contributed by atoms with Gasteiger partial charge in [0, 0.05) is 31.5 Å². The molecule has 2 aliphatic rings. The van der Waals surface area contributed by atoms with Crippen molar-refractivity contribution in [1.82, 2.24) is 4.90 Å². The van der Waals surface area contributed by atoms with Gasteiger partial charge in [-0.2, -0.15) is 0 Å². The quantitative estimate of drug-likeness (QED) is 0.782. The molecule has 3 rings (SSSR count). The zero-order valence-corrected chi connectivity index (χ0v) is 9.79. The van der Waals surface area contributed by atoms with Gasteiger partial charge in [-0.1, -0.05) is 12.1 Å². The number of piperidine rings is 1. The van der Waals surface area contributed by atoms with Gasteiger partial charge in [0.15, 0.2) is 0 Å². The number of hydrogen-bond acceptors (Lipinski definition) is 2. The van der Waals surface area contributed by atoms with Gasteiger partial charge in [-0.3, -0.25) is 9.69 Å². The molecule has 1 aliphatic carbocycles. The minimum absolute atomic E-state index is 0.0306. The van der Waals surface area contributed by atoms with E-state index in [1.165, 1.54) is 6.07 Å². The molecule has 1 aliphatic heterocycles. The Hall–Kier alpha value is -1.22. The van der Waals surface area contributed by atoms with Crippen LogP contribution in [0.4, 0.5) is 4.39 Å². The predicted molar refractivity (Wildman–Crippen MR) is 63.1 cm³/mol. The summed E-state index contributed by atoms with van der Waals surface area (Å²) < 4.78 is 13.3. The highest BCUT2D eigenvalue weighted by atomic mass is 19.1. The standard InChI is InChI=1S/C14H16FNO/c15-12-3-1-2-11(10-12)14(6-7-14)16-8-4-13(17)5-9-16/h1-3,10H,4-9H2. The van der Waals surface area contributed by atoms with Crippen LogP contribution in [-0.4, -0.2) is 23.8 Å². The Morgan fingerprint density at radius 1 is 1.18 bits per heavy atom. The molecule has 1 heterocycles. The number of halogens is 1. The topological polar surface area (TPSA) is 20.3 Å². The summed E-state index contributed by atoms with van der Waals surface area (Å²) in [5.74, 6) is 0.193. The minimum atomic E-state index is -0.165. The minimum Gasteiger partial charge on any atom is -0.300 e. The fourth-order valence-corrected chi connectivity index (χ4v) is 2.87. The molecule has 17 heavy (non-hydrogen) atoms. The van der Waals surface area contributed by atoms with Crippen LogP contribution in [0.1, 0.15) is 31.2 Å². The summed E-state index contributed by atoms with van der Waals surface area (Å²) in [5, 5.41) is 0. The zero-order chi connectivity index (χ0) is 11.9. The van der Waals surface area contributed by atoms with E-state index in [-0.39, 0.29) is 11.4 Å². The number of carbonyl (C=O) groups is 1. The lowest BCUT2D eigenvalue weighted by atomic mass is 9.99. The number of carbonyl (C=O) groups excluding carboxylic acids is 1. The largest absolute Gasteiger partial charge is 0.300 e. The third-order valence-electron chi connectivity index (χ3n) is 4.01. The van der Waals surface area contributed by atoms with Crippen molar-refractivity contribution in [1.29, 1.82) is 0 Å². The van der Waals surface area contributed by atoms with Crippen molar-refractivity contribution >= 4 is 5.78 Å². The van der Waals surface area contributed by atoms with Gasteiger partial charge in [-0.15, -0.1) is 0 Å². The van der Waals surface area contributed by atoms with Gasteiger partial charge in [0.1, 0.15) is 11.6 Å². The number of ketones is 1. The van der Waals surface area contributed by atoms with Gasteiger partial charge in [-0.05, 0) is 30.5 Å². The van der Waals surface area contributed by atoms with Crippen molar-refractivity contribution in [2.24, 2.45) is 0 Å². The van der Waals surface area contributed by atoms with E-state index in [1.807, 2.05) is 6.07 Å². The van der Waals surface area contributed by atoms with E-state index in [4.69, 9.17) is 0 Å². The first-order chi connectivity index (χ1) is 8.21. The third-order valence-corrected chi connectivity index (χ3v) is 4.01. The molecule has 0 atom stereocenters. The second-order valence-corrected chi connectivity index (χ2v) is 5.07. The number of hydrogen-bond donors (Lipinski definition) is 0. The molecule has 0 N–H and O–H groups in total. The monoisotopic (exact) mass is 233 g/mol. The van der Waals surface area contributed by atoms with Crippen LogP contribution < -0.4 is 0 Å². The Kier molecular flexibility index (Phi) is 2.51. The predicted octanol–water partition coefficient (Wildman–Crippen LogP) is 2.48. The summed E-state index contributed by atoms with van der Waals surface area (Å²) in [6.45, 7) is 1.66. The first-order valence-corrected chi connectivity index (χ1v) is 6.23. The number of benzene rings is 1. The second-order valence-electron chi connectivity index (χ2n) is 5.07. The summed E-state index contributed by atoms with van der Waals surface area (Å²) in [6.07, 6.45) is 3.48. The molecule has 0 spiro atoms. The van der Waals surface area contributed by atoms with Crippen LogP contribution in [-0.2, 0) is 10.3 Å². The summed E-state index contributed by atoms with van der Waals surface area (Å²) in [5.41, 5.74) is 1.11. The Labute approximate surface area is 100 Å². The van der Waals surface area contributed by atoms with E-state index in [9.17, 15) is 9.18 Å². The Balaban J connectivity index is 1.84. The van der Waals surface area contributed by atoms with Crippen molar-refractivity contribution in [3.63, 3.8) is 0 Å². The zero-order valence-electron chi connectivity index (χ0n) is 9.79. The van der Waals surface area contributed by atoms with Crippen LogP contribution >= 0.6 is 0 Å². The molecule has 0 amide bonds. The maximum absolute atomic E-state index is 13.3. The van der Waals surface area contributed by atoms with Crippen molar-refractivity contribution in [2.75, 3.05) is 13.1 Å². The summed E-state index contributed by atoms with van der Waals surface area (Å²) in [7, 11) is 0. The Morgan fingerprint density at radius 3 is 2.47 bits per heavy atom. The maximum Gasteiger partial charge on any atom is 0.135 e. The molecular weight excluding hydrogens is 217 g/mol. The van der Waals surface area contributed by atoms with Crippen LogP contribution in [0.2, 0.25) is 0 Å². The van der Waals surface area contributed by atoms with Crippen LogP contribution in [0.25, 0.3) is 0 Å². The van der Waals surface area contributed by atoms with Gasteiger partial charge < -0.3 is 0 Å². The van der Waals surface area contributed by atoms with E-state index in [0.29, 0.717) is 18.6 Å². The van der Waals surface area contributed by atoms with E-state index in [2.05, 4.69) is 4.90 Å². The average Bonchev–Trinajstić information content (AvgIpc) is 3.11. The molecule has 0 bridgehead atoms. The lowest BCUT2D eigenvalue weighted by Crippen LogP contribution is -2.41. The van der Waals surface area contributed by atoms with Gasteiger partial charge in [-0.25, -0.2) is 4.39 Å². The maximum atomic E-state index is 13.3. The lowest BCUT2D eigenvalue weighted by molar-refractivity contribution is -0.122. The molecule has 0 aromatic heterocycles. The van der Waals surface area contributed by atoms with E-state index >= 15 is 0 Å². The summed E-state index contributed by atoms with van der Waals surface area (Å²) >= 11 is 0. The van der Waals surface area contributed by atoms with Crippen LogP contribution in [0.5, 0.6) is 0 Å². The van der Waals surface area contributed by atoms with Crippen LogP contribution in [0.15, 0.2) is 24.3 Å². The molecular formula is C14H16FNO. The lowest BCUT2D eigenvalue weighted by Gasteiger charge is -2.34. The fourth-order valence-electron chi connectivity index (χ4n) is 2.87. The van der Waals surface area contributed by atoms with Gasteiger partial charge >= 0.3 is 0 Å². The highest BCUT2D eigenvalue weighted by molar-refractivity contribution is 5.79. The van der Waals surface area contributed by atoms with Crippen molar-refractivity contribution in [3.8, 4) is 0 Å². The van der Waals surface area contributed by atoms with Gasteiger partial charge in [0.2, 0.25) is 0 Å². The first kappa shape index (κ1) is 10.9. The fraction of sp³-hybridized carbons (Fsp3) is 0.500. The number of rotatable bonds is 2. The van der Waals surface area contributed by atoms with Gasteiger partial charge in [0.25, 0.3) is 0 Å². The van der Waals surface area contributed by atoms with Crippen molar-refractivity contribution < 1.29 is 9.18 Å². The summed E-state index contributed by atoms with van der Waals surface area (Å²) in [6, 6.07) is 6.91. The molecule has 1 saturated carbocycles. The Morgan fingerprint density at radius 2 is 1.88 bits per heavy atom. The Bertz CT molecular complexity index is 443. The molecule has 1 aromatic carbocycles. The first-order valence-electron chi connectivity index (χ1n) is 6.23. The molecule has 90 valence electrons. The highest BCUT2D eigenvalue weighted by Gasteiger charge is 2.49. The van der Waals surface area contributed by atoms with E-state index in [0.717, 1.165) is 31.5 Å². The molecule has 1 saturated heterocycles. The summed E-state index contributed by atoms with van der Waals surface area (Å²) in [4.78, 5) is 13.6. The van der Waals surface area contributed by atoms with E-state index in [1.54, 1.807) is 12.1 Å². The average molecular weight is 233 g/mol. The molecule has 0 radical (unpaired) electrons.